The van der Waals surface area contributed by atoms with Crippen molar-refractivity contribution in [3.8, 4) is 5.75 Å². The van der Waals surface area contributed by atoms with E-state index in [0.717, 1.165) is 51.3 Å². The zero-order valence-corrected chi connectivity index (χ0v) is 17.7. The molecule has 1 aliphatic rings. The highest BCUT2D eigenvalue weighted by atomic mass is 127. The van der Waals surface area contributed by atoms with Crippen molar-refractivity contribution >= 4 is 29.9 Å². The second kappa shape index (κ2) is 13.2. The highest BCUT2D eigenvalue weighted by molar-refractivity contribution is 14.0. The Balaban J connectivity index is 0.00000312. The van der Waals surface area contributed by atoms with Crippen LogP contribution in [0.4, 0.5) is 0 Å². The van der Waals surface area contributed by atoms with Crippen LogP contribution in [0.15, 0.2) is 29.3 Å². The first-order valence-electron chi connectivity index (χ1n) is 9.26. The first-order valence-corrected chi connectivity index (χ1v) is 9.26. The molecule has 5 nitrogen and oxygen atoms in total. The lowest BCUT2D eigenvalue weighted by Gasteiger charge is -2.15. The van der Waals surface area contributed by atoms with Crippen molar-refractivity contribution in [3.05, 3.63) is 29.8 Å². The second-order valence-electron chi connectivity index (χ2n) is 6.34. The van der Waals surface area contributed by atoms with Gasteiger partial charge >= 0.3 is 0 Å². The predicted molar refractivity (Wildman–Crippen MR) is 116 cm³/mol. The number of guanidine groups is 1. The first-order chi connectivity index (χ1) is 11.8. The summed E-state index contributed by atoms with van der Waals surface area (Å²) in [7, 11) is 0. The van der Waals surface area contributed by atoms with Gasteiger partial charge in [0.2, 0.25) is 0 Å². The number of nitrogens with two attached hydrogens (primary N) is 1. The van der Waals surface area contributed by atoms with Gasteiger partial charge in [-0.3, -0.25) is 9.89 Å². The molecule has 0 saturated carbocycles. The standard InChI is InChI=1S/C19H32N4O.HI/c1-2-3-11-21-19(20)22-12-10-17-6-8-18(9-7-17)24-16-15-23-13-4-5-14-23;/h6-9H,2-5,10-16H2,1H3,(H3,20,21,22);1H. The summed E-state index contributed by atoms with van der Waals surface area (Å²) >= 11 is 0. The molecular weight excluding hydrogens is 427 g/mol. The number of hydrogen-bond acceptors (Lipinski definition) is 3. The van der Waals surface area contributed by atoms with E-state index in [1.54, 1.807) is 0 Å². The molecule has 1 aromatic carbocycles. The van der Waals surface area contributed by atoms with Gasteiger partial charge in [-0.1, -0.05) is 25.5 Å². The first kappa shape index (κ1) is 22.0. The van der Waals surface area contributed by atoms with E-state index in [1.165, 1.54) is 31.5 Å². The van der Waals surface area contributed by atoms with Crippen LogP contribution in [0.25, 0.3) is 0 Å². The lowest BCUT2D eigenvalue weighted by atomic mass is 10.1. The molecule has 142 valence electrons. The average Bonchev–Trinajstić information content (AvgIpc) is 3.10. The van der Waals surface area contributed by atoms with Crippen LogP contribution in [0, 0.1) is 0 Å². The predicted octanol–water partition coefficient (Wildman–Crippen LogP) is 3.03. The summed E-state index contributed by atoms with van der Waals surface area (Å²) in [6.45, 7) is 8.00. The Kier molecular flexibility index (Phi) is 11.6. The highest BCUT2D eigenvalue weighted by Crippen LogP contribution is 2.13. The van der Waals surface area contributed by atoms with Crippen LogP contribution in [0.3, 0.4) is 0 Å². The van der Waals surface area contributed by atoms with Gasteiger partial charge in [-0.15, -0.1) is 24.0 Å². The zero-order valence-electron chi connectivity index (χ0n) is 15.4. The number of ether oxygens (including phenoxy) is 1. The fourth-order valence-electron chi connectivity index (χ4n) is 2.80. The maximum absolute atomic E-state index is 5.82. The summed E-state index contributed by atoms with van der Waals surface area (Å²) in [6.07, 6.45) is 5.82. The summed E-state index contributed by atoms with van der Waals surface area (Å²) in [5.41, 5.74) is 7.10. The lowest BCUT2D eigenvalue weighted by molar-refractivity contribution is 0.238. The third kappa shape index (κ3) is 9.30. The number of benzene rings is 1. The van der Waals surface area contributed by atoms with E-state index in [0.29, 0.717) is 5.96 Å². The van der Waals surface area contributed by atoms with Crippen molar-refractivity contribution in [1.29, 1.82) is 0 Å². The van der Waals surface area contributed by atoms with E-state index in [2.05, 4.69) is 46.4 Å². The number of likely N-dealkylation sites (tertiary alicyclic amines) is 1. The SMILES string of the molecule is CCCCN=C(N)NCCc1ccc(OCCN2CCCC2)cc1.I. The zero-order chi connectivity index (χ0) is 17.0. The van der Waals surface area contributed by atoms with E-state index in [4.69, 9.17) is 10.5 Å². The van der Waals surface area contributed by atoms with Crippen molar-refractivity contribution in [2.45, 2.75) is 39.0 Å². The average molecular weight is 460 g/mol. The molecule has 1 aromatic rings. The van der Waals surface area contributed by atoms with Gasteiger partial charge in [0.05, 0.1) is 0 Å². The van der Waals surface area contributed by atoms with Gasteiger partial charge in [-0.25, -0.2) is 0 Å². The molecule has 0 bridgehead atoms. The van der Waals surface area contributed by atoms with Crippen LogP contribution >= 0.6 is 24.0 Å². The molecule has 1 fully saturated rings. The Hall–Kier alpha value is -1.02. The van der Waals surface area contributed by atoms with Crippen LogP contribution in [-0.4, -0.2) is 50.2 Å². The number of nitrogens with one attached hydrogen (secondary N) is 1. The minimum absolute atomic E-state index is 0. The fraction of sp³-hybridized carbons (Fsp3) is 0.632. The number of aliphatic imine (C=N–C) groups is 1. The van der Waals surface area contributed by atoms with Crippen LogP contribution in [0.2, 0.25) is 0 Å². The molecule has 0 unspecified atom stereocenters. The number of unbranched alkanes of at least 4 members (excludes halogenated alkanes) is 1. The number of halogens is 1. The second-order valence-corrected chi connectivity index (χ2v) is 6.34. The minimum atomic E-state index is 0. The lowest BCUT2D eigenvalue weighted by Crippen LogP contribution is -2.33. The van der Waals surface area contributed by atoms with Crippen LogP contribution in [0.1, 0.15) is 38.2 Å². The van der Waals surface area contributed by atoms with Gasteiger partial charge < -0.3 is 15.8 Å². The molecule has 0 atom stereocenters. The maximum atomic E-state index is 5.82. The molecule has 3 N–H and O–H groups in total. The molecule has 1 saturated heterocycles. The summed E-state index contributed by atoms with van der Waals surface area (Å²) < 4.78 is 5.82. The normalized spacial score (nSPS) is 15.0. The Morgan fingerprint density at radius 3 is 2.64 bits per heavy atom. The Bertz CT molecular complexity index is 487. The van der Waals surface area contributed by atoms with Gasteiger partial charge in [0.1, 0.15) is 12.4 Å². The van der Waals surface area contributed by atoms with Crippen molar-refractivity contribution in [2.75, 3.05) is 39.3 Å². The Morgan fingerprint density at radius 1 is 1.24 bits per heavy atom. The third-order valence-corrected chi connectivity index (χ3v) is 4.31. The molecule has 1 heterocycles. The van der Waals surface area contributed by atoms with Crippen LogP contribution in [0.5, 0.6) is 5.75 Å². The van der Waals surface area contributed by atoms with Crippen molar-refractivity contribution in [1.82, 2.24) is 10.2 Å². The molecule has 0 aromatic heterocycles. The van der Waals surface area contributed by atoms with Crippen LogP contribution in [-0.2, 0) is 6.42 Å². The van der Waals surface area contributed by atoms with Gasteiger partial charge in [-0.05, 0) is 56.5 Å². The van der Waals surface area contributed by atoms with E-state index < -0.39 is 0 Å². The Labute approximate surface area is 169 Å². The largest absolute Gasteiger partial charge is 0.492 e. The molecule has 0 radical (unpaired) electrons. The van der Waals surface area contributed by atoms with E-state index in [-0.39, 0.29) is 24.0 Å². The Morgan fingerprint density at radius 2 is 1.96 bits per heavy atom. The maximum Gasteiger partial charge on any atom is 0.188 e. The molecular formula is C19H33IN4O. The summed E-state index contributed by atoms with van der Waals surface area (Å²) in [4.78, 5) is 6.75. The molecule has 25 heavy (non-hydrogen) atoms. The highest BCUT2D eigenvalue weighted by Gasteiger charge is 2.10. The summed E-state index contributed by atoms with van der Waals surface area (Å²) in [6, 6.07) is 8.35. The van der Waals surface area contributed by atoms with Crippen molar-refractivity contribution < 1.29 is 4.74 Å². The number of rotatable bonds is 10. The van der Waals surface area contributed by atoms with E-state index >= 15 is 0 Å². The van der Waals surface area contributed by atoms with Gasteiger partial charge in [0, 0.05) is 19.6 Å². The molecule has 0 amide bonds. The van der Waals surface area contributed by atoms with Gasteiger partial charge in [0.15, 0.2) is 5.96 Å². The van der Waals surface area contributed by atoms with Crippen molar-refractivity contribution in [2.24, 2.45) is 10.7 Å². The van der Waals surface area contributed by atoms with Crippen LogP contribution < -0.4 is 15.8 Å². The minimum Gasteiger partial charge on any atom is -0.492 e. The molecule has 6 heteroatoms. The van der Waals surface area contributed by atoms with Gasteiger partial charge in [-0.2, -0.15) is 0 Å². The fourth-order valence-corrected chi connectivity index (χ4v) is 2.80. The molecule has 1 aliphatic heterocycles. The smallest absolute Gasteiger partial charge is 0.188 e. The number of hydrogen-bond donors (Lipinski definition) is 2. The quantitative estimate of drug-likeness (QED) is 0.244. The molecule has 0 aliphatic carbocycles. The topological polar surface area (TPSA) is 62.9 Å². The van der Waals surface area contributed by atoms with Crippen molar-refractivity contribution in [3.63, 3.8) is 0 Å². The van der Waals surface area contributed by atoms with E-state index in [9.17, 15) is 0 Å². The molecule has 2 rings (SSSR count). The summed E-state index contributed by atoms with van der Waals surface area (Å²) in [5, 5.41) is 3.16. The number of nitrogens with zero attached hydrogens (tertiary/aromatic N) is 2. The third-order valence-electron chi connectivity index (χ3n) is 4.31. The monoisotopic (exact) mass is 460 g/mol. The van der Waals surface area contributed by atoms with E-state index in [1.807, 2.05) is 0 Å². The van der Waals surface area contributed by atoms with Gasteiger partial charge in [0.25, 0.3) is 0 Å². The molecule has 0 spiro atoms. The summed E-state index contributed by atoms with van der Waals surface area (Å²) in [5.74, 6) is 1.50.